The highest BCUT2D eigenvalue weighted by atomic mass is 35.5. The topological polar surface area (TPSA) is 46.2 Å². The Hall–Kier alpha value is -0.580. The molecule has 1 aromatic rings. The molecular weight excluding hydrogens is 210 g/mol. The largest absolute Gasteiger partial charge is 0.241 e. The summed E-state index contributed by atoms with van der Waals surface area (Å²) in [7, 11) is -3.41. The van der Waals surface area contributed by atoms with Gasteiger partial charge in [0, 0.05) is 0 Å². The van der Waals surface area contributed by atoms with Gasteiger partial charge in [-0.25, -0.2) is 8.42 Å². The molecule has 0 fully saturated rings. The van der Waals surface area contributed by atoms with Crippen LogP contribution in [0.5, 0.6) is 0 Å². The van der Waals surface area contributed by atoms with Crippen LogP contribution in [0.1, 0.15) is 5.56 Å². The van der Waals surface area contributed by atoms with E-state index in [2.05, 4.69) is 4.72 Å². The van der Waals surface area contributed by atoms with E-state index in [-0.39, 0.29) is 10.9 Å². The summed E-state index contributed by atoms with van der Waals surface area (Å²) in [4.78, 5) is 0.235. The predicted molar refractivity (Wildman–Crippen MR) is 52.2 cm³/mol. The minimum atomic E-state index is -3.41. The number of hydrogen-bond donors (Lipinski definition) is 1. The lowest BCUT2D eigenvalue weighted by molar-refractivity contribution is 0.587. The zero-order valence-electron chi connectivity index (χ0n) is 7.12. The van der Waals surface area contributed by atoms with Crippen molar-refractivity contribution in [2.75, 3.05) is 6.00 Å². The number of halogens is 1. The Balaban J connectivity index is 3.02. The molecule has 0 radical (unpaired) electrons. The lowest BCUT2D eigenvalue weighted by atomic mass is 10.2. The third-order valence-corrected chi connectivity index (χ3v) is 3.29. The third kappa shape index (κ3) is 2.69. The highest BCUT2D eigenvalue weighted by Gasteiger charge is 2.11. The van der Waals surface area contributed by atoms with E-state index in [9.17, 15) is 8.42 Å². The molecule has 1 rings (SSSR count). The van der Waals surface area contributed by atoms with Crippen LogP contribution >= 0.6 is 11.6 Å². The number of rotatable bonds is 3. The molecule has 1 N–H and O–H groups in total. The lowest BCUT2D eigenvalue weighted by Crippen LogP contribution is -2.21. The smallest absolute Gasteiger partial charge is 0.207 e. The molecule has 13 heavy (non-hydrogen) atoms. The fourth-order valence-corrected chi connectivity index (χ4v) is 2.11. The van der Waals surface area contributed by atoms with Crippen molar-refractivity contribution in [3.63, 3.8) is 0 Å². The summed E-state index contributed by atoms with van der Waals surface area (Å²) in [6.45, 7) is 1.89. The first kappa shape index (κ1) is 10.5. The van der Waals surface area contributed by atoms with E-state index in [0.717, 1.165) is 5.56 Å². The maximum atomic E-state index is 11.3. The number of hydrogen-bond acceptors (Lipinski definition) is 2. The molecular formula is C8H10ClNO2S. The van der Waals surface area contributed by atoms with Crippen LogP contribution < -0.4 is 4.72 Å². The Labute approximate surface area is 82.8 Å². The Morgan fingerprint density at radius 2 is 1.85 bits per heavy atom. The van der Waals surface area contributed by atoms with Gasteiger partial charge in [-0.05, 0) is 19.1 Å². The van der Waals surface area contributed by atoms with Gasteiger partial charge < -0.3 is 0 Å². The first-order chi connectivity index (χ1) is 6.06. The molecule has 0 saturated carbocycles. The van der Waals surface area contributed by atoms with Crippen molar-refractivity contribution in [2.45, 2.75) is 11.8 Å². The van der Waals surface area contributed by atoms with E-state index < -0.39 is 10.0 Å². The maximum absolute atomic E-state index is 11.3. The van der Waals surface area contributed by atoms with E-state index >= 15 is 0 Å². The summed E-state index contributed by atoms with van der Waals surface area (Å²) in [5, 5.41) is 0. The van der Waals surface area contributed by atoms with Crippen molar-refractivity contribution >= 4 is 21.6 Å². The zero-order valence-corrected chi connectivity index (χ0v) is 8.69. The SMILES string of the molecule is Cc1ccc(S(=O)(=O)NCCl)cc1. The van der Waals surface area contributed by atoms with E-state index in [4.69, 9.17) is 11.6 Å². The predicted octanol–water partition coefficient (Wildman–Crippen LogP) is 1.47. The molecule has 0 aromatic heterocycles. The van der Waals surface area contributed by atoms with E-state index in [1.807, 2.05) is 6.92 Å². The molecule has 0 aliphatic carbocycles. The molecule has 0 unspecified atom stereocenters. The molecule has 0 saturated heterocycles. The first-order valence-electron chi connectivity index (χ1n) is 3.68. The van der Waals surface area contributed by atoms with Crippen LogP contribution in [0.25, 0.3) is 0 Å². The Kier molecular flexibility index (Phi) is 3.30. The van der Waals surface area contributed by atoms with Gasteiger partial charge in [-0.3, -0.25) is 0 Å². The quantitative estimate of drug-likeness (QED) is 0.618. The Morgan fingerprint density at radius 3 is 2.31 bits per heavy atom. The fourth-order valence-electron chi connectivity index (χ4n) is 0.873. The van der Waals surface area contributed by atoms with Crippen LogP contribution in [0.15, 0.2) is 29.2 Å². The molecule has 0 heterocycles. The van der Waals surface area contributed by atoms with Gasteiger partial charge in [0.05, 0.1) is 10.9 Å². The highest BCUT2D eigenvalue weighted by Crippen LogP contribution is 2.09. The zero-order chi connectivity index (χ0) is 9.90. The second kappa shape index (κ2) is 4.09. The summed E-state index contributed by atoms with van der Waals surface area (Å²) >= 11 is 5.28. The maximum Gasteiger partial charge on any atom is 0.241 e. The second-order valence-electron chi connectivity index (χ2n) is 2.59. The average molecular weight is 220 g/mol. The number of sulfonamides is 1. The van der Waals surface area contributed by atoms with E-state index in [0.29, 0.717) is 0 Å². The van der Waals surface area contributed by atoms with Gasteiger partial charge in [0.1, 0.15) is 0 Å². The van der Waals surface area contributed by atoms with Crippen molar-refractivity contribution in [3.05, 3.63) is 29.8 Å². The van der Waals surface area contributed by atoms with E-state index in [1.54, 1.807) is 24.3 Å². The third-order valence-electron chi connectivity index (χ3n) is 1.58. The van der Waals surface area contributed by atoms with Crippen LogP contribution in [0.2, 0.25) is 0 Å². The first-order valence-corrected chi connectivity index (χ1v) is 5.70. The second-order valence-corrected chi connectivity index (χ2v) is 4.63. The lowest BCUT2D eigenvalue weighted by Gasteiger charge is -2.03. The summed E-state index contributed by atoms with van der Waals surface area (Å²) < 4.78 is 24.9. The van der Waals surface area contributed by atoms with Gasteiger partial charge >= 0.3 is 0 Å². The van der Waals surface area contributed by atoms with Gasteiger partial charge in [0.25, 0.3) is 0 Å². The molecule has 5 heteroatoms. The Bertz CT molecular complexity index is 372. The fraction of sp³-hybridized carbons (Fsp3) is 0.250. The van der Waals surface area contributed by atoms with Gasteiger partial charge in [-0.2, -0.15) is 4.72 Å². The molecule has 0 atom stereocenters. The monoisotopic (exact) mass is 219 g/mol. The van der Waals surface area contributed by atoms with Gasteiger partial charge in [-0.1, -0.05) is 17.7 Å². The van der Waals surface area contributed by atoms with Crippen molar-refractivity contribution < 1.29 is 8.42 Å². The summed E-state index contributed by atoms with van der Waals surface area (Å²) in [5.41, 5.74) is 1.02. The van der Waals surface area contributed by atoms with Crippen molar-refractivity contribution in [1.29, 1.82) is 0 Å². The molecule has 0 bridgehead atoms. The molecule has 1 aromatic carbocycles. The summed E-state index contributed by atoms with van der Waals surface area (Å²) in [5.74, 6) is 0. The number of aryl methyl sites for hydroxylation is 1. The normalized spacial score (nSPS) is 11.5. The highest BCUT2D eigenvalue weighted by molar-refractivity contribution is 7.89. The van der Waals surface area contributed by atoms with Crippen LogP contribution in [0, 0.1) is 6.92 Å². The van der Waals surface area contributed by atoms with E-state index in [1.165, 1.54) is 0 Å². The van der Waals surface area contributed by atoms with Crippen LogP contribution in [-0.2, 0) is 10.0 Å². The molecule has 72 valence electrons. The summed E-state index contributed by atoms with van der Waals surface area (Å²) in [6, 6.07) is 6.45. The van der Waals surface area contributed by atoms with Crippen molar-refractivity contribution in [3.8, 4) is 0 Å². The van der Waals surface area contributed by atoms with Crippen LogP contribution in [0.3, 0.4) is 0 Å². The molecule has 3 nitrogen and oxygen atoms in total. The average Bonchev–Trinajstić information content (AvgIpc) is 2.05. The van der Waals surface area contributed by atoms with Crippen molar-refractivity contribution in [1.82, 2.24) is 4.72 Å². The minimum Gasteiger partial charge on any atom is -0.207 e. The summed E-state index contributed by atoms with van der Waals surface area (Å²) in [6.07, 6.45) is 0. The van der Waals surface area contributed by atoms with Crippen molar-refractivity contribution in [2.24, 2.45) is 0 Å². The standard InChI is InChI=1S/C8H10ClNO2S/c1-7-2-4-8(5-3-7)13(11,12)10-6-9/h2-5,10H,6H2,1H3. The number of nitrogens with one attached hydrogen (secondary N) is 1. The van der Waals surface area contributed by atoms with Gasteiger partial charge in [-0.15, -0.1) is 11.6 Å². The van der Waals surface area contributed by atoms with Gasteiger partial charge in [0.2, 0.25) is 10.0 Å². The number of benzene rings is 1. The molecule has 0 aliphatic rings. The van der Waals surface area contributed by atoms with Crippen LogP contribution in [0.4, 0.5) is 0 Å². The molecule has 0 amide bonds. The van der Waals surface area contributed by atoms with Crippen LogP contribution in [-0.4, -0.2) is 14.4 Å². The van der Waals surface area contributed by atoms with Gasteiger partial charge in [0.15, 0.2) is 0 Å². The molecule has 0 spiro atoms. The Morgan fingerprint density at radius 1 is 1.31 bits per heavy atom. The molecule has 0 aliphatic heterocycles. The minimum absolute atomic E-state index is 0.115. The number of alkyl halides is 1.